The van der Waals surface area contributed by atoms with Gasteiger partial charge in [0.25, 0.3) is 0 Å². The van der Waals surface area contributed by atoms with E-state index in [1.54, 1.807) is 0 Å². The predicted octanol–water partition coefficient (Wildman–Crippen LogP) is 2.28. The van der Waals surface area contributed by atoms with Gasteiger partial charge in [0.15, 0.2) is 0 Å². The molecule has 0 aliphatic carbocycles. The van der Waals surface area contributed by atoms with Gasteiger partial charge in [-0.25, -0.2) is 4.98 Å². The zero-order valence-corrected chi connectivity index (χ0v) is 11.7. The molecule has 3 rings (SSSR count). The van der Waals surface area contributed by atoms with Crippen molar-refractivity contribution in [1.82, 2.24) is 14.8 Å². The first-order valence-electron chi connectivity index (χ1n) is 7.08. The van der Waals surface area contributed by atoms with Crippen LogP contribution in [0.4, 0.5) is 5.82 Å². The topological polar surface area (TPSA) is 24.9 Å². The van der Waals surface area contributed by atoms with Crippen LogP contribution in [0.2, 0.25) is 0 Å². The van der Waals surface area contributed by atoms with Gasteiger partial charge in [-0.3, -0.25) is 4.48 Å². The molecule has 0 aromatic carbocycles. The molecule has 2 aliphatic rings. The quantitative estimate of drug-likeness (QED) is 0.810. The molecule has 3 heteroatoms. The summed E-state index contributed by atoms with van der Waals surface area (Å²) in [6.45, 7) is 0. The van der Waals surface area contributed by atoms with Crippen molar-refractivity contribution in [1.29, 1.82) is 0 Å². The van der Waals surface area contributed by atoms with Crippen molar-refractivity contribution < 1.29 is 0 Å². The summed E-state index contributed by atoms with van der Waals surface area (Å²) in [4.78, 5) is 4.65. The number of nitrogens with zero attached hydrogens (tertiary/aromatic N) is 2. The van der Waals surface area contributed by atoms with E-state index in [0.717, 1.165) is 16.3 Å². The third-order valence-electron chi connectivity index (χ3n) is 4.43. The Morgan fingerprint density at radius 3 is 2.67 bits per heavy atom. The van der Waals surface area contributed by atoms with E-state index in [0.29, 0.717) is 12.0 Å². The molecular weight excluding hydrogens is 222 g/mol. The number of pyridine rings is 1. The maximum absolute atomic E-state index is 4.65. The van der Waals surface area contributed by atoms with Crippen molar-refractivity contribution in [2.45, 2.75) is 43.7 Å². The van der Waals surface area contributed by atoms with Gasteiger partial charge in [-0.15, -0.1) is 0 Å². The summed E-state index contributed by atoms with van der Waals surface area (Å²) >= 11 is 0. The molecule has 2 aliphatic heterocycles. The molecule has 2 saturated heterocycles. The van der Waals surface area contributed by atoms with Crippen LogP contribution in [0, 0.1) is 0 Å². The molecule has 1 aromatic heterocycles. The molecule has 1 aromatic rings. The van der Waals surface area contributed by atoms with E-state index in [2.05, 4.69) is 49.8 Å². The van der Waals surface area contributed by atoms with Crippen molar-refractivity contribution in [3.63, 3.8) is 0 Å². The van der Waals surface area contributed by atoms with Crippen molar-refractivity contribution in [2.24, 2.45) is 0 Å². The minimum absolute atomic E-state index is 0.687. The minimum Gasteiger partial charge on any atom is -0.311 e. The number of hydrogen-bond donors (Lipinski definition) is 1. The summed E-state index contributed by atoms with van der Waals surface area (Å²) in [5.41, 5.74) is 1.43. The van der Waals surface area contributed by atoms with E-state index in [-0.39, 0.29) is 0 Å². The van der Waals surface area contributed by atoms with Gasteiger partial charge in [0, 0.05) is 30.3 Å². The molecule has 18 heavy (non-hydrogen) atoms. The molecule has 3 heterocycles. The van der Waals surface area contributed by atoms with Gasteiger partial charge in [0.1, 0.15) is 0 Å². The second-order valence-electron chi connectivity index (χ2n) is 6.71. The Morgan fingerprint density at radius 2 is 2.06 bits per heavy atom. The highest BCUT2D eigenvalue weighted by Gasteiger charge is 2.37. The Kier molecular flexibility index (Phi) is 2.91. The lowest BCUT2D eigenvalue weighted by molar-refractivity contribution is 0.397. The van der Waals surface area contributed by atoms with Crippen LogP contribution in [0.3, 0.4) is 0 Å². The SMILES string of the molecule is C[N+](C)(C)c1ccc(C2CC3CCCC2N3)cn1. The van der Waals surface area contributed by atoms with Crippen molar-refractivity contribution in [3.05, 3.63) is 23.9 Å². The lowest BCUT2D eigenvalue weighted by Gasteiger charge is -2.24. The average Bonchev–Trinajstić information content (AvgIpc) is 2.63. The molecule has 2 fully saturated rings. The molecule has 0 spiro atoms. The molecular formula is C15H24N3+. The molecule has 2 bridgehead atoms. The number of hydrogen-bond acceptors (Lipinski definition) is 2. The lowest BCUT2D eigenvalue weighted by atomic mass is 9.92. The van der Waals surface area contributed by atoms with E-state index >= 15 is 0 Å². The number of piperidine rings is 1. The van der Waals surface area contributed by atoms with Gasteiger partial charge in [-0.05, 0) is 30.9 Å². The van der Waals surface area contributed by atoms with Gasteiger partial charge in [0.05, 0.1) is 21.1 Å². The summed E-state index contributed by atoms with van der Waals surface area (Å²) in [5.74, 6) is 1.82. The van der Waals surface area contributed by atoms with Crippen LogP contribution in [0.1, 0.15) is 37.2 Å². The van der Waals surface area contributed by atoms with Crippen LogP contribution in [0.15, 0.2) is 18.3 Å². The van der Waals surface area contributed by atoms with Gasteiger partial charge in [-0.2, -0.15) is 0 Å². The Balaban J connectivity index is 1.81. The van der Waals surface area contributed by atoms with Crippen LogP contribution in [-0.2, 0) is 0 Å². The maximum Gasteiger partial charge on any atom is 0.226 e. The summed E-state index contributed by atoms with van der Waals surface area (Å²) in [5, 5.41) is 3.75. The fourth-order valence-electron chi connectivity index (χ4n) is 3.41. The van der Waals surface area contributed by atoms with E-state index < -0.39 is 0 Å². The third kappa shape index (κ3) is 2.17. The van der Waals surface area contributed by atoms with E-state index in [9.17, 15) is 0 Å². The molecule has 1 N–H and O–H groups in total. The van der Waals surface area contributed by atoms with Crippen molar-refractivity contribution in [3.8, 4) is 0 Å². The molecule has 0 amide bonds. The molecule has 3 atom stereocenters. The summed E-state index contributed by atoms with van der Waals surface area (Å²) < 4.78 is 0.787. The molecule has 0 saturated carbocycles. The van der Waals surface area contributed by atoms with E-state index in [1.165, 1.54) is 31.2 Å². The summed E-state index contributed by atoms with van der Waals surface area (Å²) in [6, 6.07) is 5.93. The second kappa shape index (κ2) is 4.32. The number of fused-ring (bicyclic) bond motifs is 2. The Hall–Kier alpha value is -0.930. The largest absolute Gasteiger partial charge is 0.311 e. The van der Waals surface area contributed by atoms with Gasteiger partial charge < -0.3 is 5.32 Å². The smallest absolute Gasteiger partial charge is 0.226 e. The van der Waals surface area contributed by atoms with Gasteiger partial charge in [0.2, 0.25) is 5.82 Å². The minimum atomic E-state index is 0.687. The fraction of sp³-hybridized carbons (Fsp3) is 0.667. The van der Waals surface area contributed by atoms with E-state index in [1.807, 2.05) is 0 Å². The van der Waals surface area contributed by atoms with Crippen LogP contribution in [0.5, 0.6) is 0 Å². The highest BCUT2D eigenvalue weighted by Crippen LogP contribution is 2.38. The van der Waals surface area contributed by atoms with Crippen molar-refractivity contribution in [2.75, 3.05) is 21.1 Å². The first-order chi connectivity index (χ1) is 8.54. The number of aromatic nitrogens is 1. The molecule has 0 radical (unpaired) electrons. The molecule has 3 unspecified atom stereocenters. The van der Waals surface area contributed by atoms with Crippen LogP contribution in [0.25, 0.3) is 0 Å². The Bertz CT molecular complexity index is 418. The Morgan fingerprint density at radius 1 is 1.22 bits per heavy atom. The highest BCUT2D eigenvalue weighted by molar-refractivity contribution is 5.35. The first-order valence-corrected chi connectivity index (χ1v) is 7.08. The summed E-state index contributed by atoms with van der Waals surface area (Å²) in [6.07, 6.45) is 7.49. The van der Waals surface area contributed by atoms with Gasteiger partial charge in [-0.1, -0.05) is 6.42 Å². The fourth-order valence-corrected chi connectivity index (χ4v) is 3.41. The zero-order valence-electron chi connectivity index (χ0n) is 11.7. The molecule has 98 valence electrons. The summed E-state index contributed by atoms with van der Waals surface area (Å²) in [7, 11) is 6.48. The monoisotopic (exact) mass is 246 g/mol. The number of rotatable bonds is 2. The first kappa shape index (κ1) is 12.1. The van der Waals surface area contributed by atoms with Crippen molar-refractivity contribution >= 4 is 5.82 Å². The standard InChI is InChI=1S/C15H24N3/c1-18(2,3)15-8-7-11(10-16-15)13-9-12-5-4-6-14(13)17-12/h7-8,10,12-14,17H,4-6,9H2,1-3H3/q+1. The number of quaternary nitrogens is 1. The van der Waals surface area contributed by atoms with Crippen LogP contribution in [-0.4, -0.2) is 38.2 Å². The predicted molar refractivity (Wildman–Crippen MR) is 75.7 cm³/mol. The normalized spacial score (nSPS) is 31.6. The van der Waals surface area contributed by atoms with Crippen LogP contribution < -0.4 is 9.80 Å². The zero-order chi connectivity index (χ0) is 12.8. The number of nitrogens with one attached hydrogen (secondary N) is 1. The van der Waals surface area contributed by atoms with E-state index in [4.69, 9.17) is 0 Å². The average molecular weight is 246 g/mol. The Labute approximate surface area is 110 Å². The molecule has 3 nitrogen and oxygen atoms in total. The lowest BCUT2D eigenvalue weighted by Crippen LogP contribution is -2.36. The third-order valence-corrected chi connectivity index (χ3v) is 4.43. The van der Waals surface area contributed by atoms with Crippen LogP contribution >= 0.6 is 0 Å². The van der Waals surface area contributed by atoms with Gasteiger partial charge >= 0.3 is 0 Å². The highest BCUT2D eigenvalue weighted by atomic mass is 15.3. The second-order valence-corrected chi connectivity index (χ2v) is 6.71. The maximum atomic E-state index is 4.65.